The summed E-state index contributed by atoms with van der Waals surface area (Å²) in [7, 11) is 0. The second kappa shape index (κ2) is 8.93. The van der Waals surface area contributed by atoms with Crippen molar-refractivity contribution in [1.29, 1.82) is 0 Å². The smallest absolute Gasteiger partial charge is 0.222 e. The third kappa shape index (κ3) is 5.25. The van der Waals surface area contributed by atoms with Crippen LogP contribution in [0.15, 0.2) is 18.2 Å². The summed E-state index contributed by atoms with van der Waals surface area (Å²) in [5, 5.41) is 0. The molecule has 128 valence electrons. The van der Waals surface area contributed by atoms with Crippen LogP contribution in [0.3, 0.4) is 0 Å². The van der Waals surface area contributed by atoms with E-state index in [0.29, 0.717) is 38.2 Å². The third-order valence-electron chi connectivity index (χ3n) is 4.08. The van der Waals surface area contributed by atoms with E-state index in [0.717, 1.165) is 37.8 Å². The van der Waals surface area contributed by atoms with Crippen molar-refractivity contribution in [3.05, 3.63) is 35.4 Å². The van der Waals surface area contributed by atoms with E-state index >= 15 is 0 Å². The molecular weight excluding hydrogens is 302 g/mol. The lowest BCUT2D eigenvalue weighted by atomic mass is 10.1. The molecule has 0 aromatic heterocycles. The van der Waals surface area contributed by atoms with E-state index in [-0.39, 0.29) is 5.91 Å². The molecule has 0 saturated carbocycles. The number of carbonyl (C=O) groups is 1. The number of hydrogen-bond acceptors (Lipinski definition) is 3. The molecule has 1 fully saturated rings. The highest BCUT2D eigenvalue weighted by Gasteiger charge is 2.25. The summed E-state index contributed by atoms with van der Waals surface area (Å²) in [6.45, 7) is 2.02. The van der Waals surface area contributed by atoms with Gasteiger partial charge in [-0.25, -0.2) is 8.78 Å². The van der Waals surface area contributed by atoms with Crippen molar-refractivity contribution in [2.24, 2.45) is 5.73 Å². The maximum Gasteiger partial charge on any atom is 0.222 e. The molecule has 2 N–H and O–H groups in total. The summed E-state index contributed by atoms with van der Waals surface area (Å²) >= 11 is 0. The lowest BCUT2D eigenvalue weighted by Crippen LogP contribution is -2.42. The highest BCUT2D eigenvalue weighted by atomic mass is 19.2. The lowest BCUT2D eigenvalue weighted by Gasteiger charge is -2.33. The molecule has 0 radical (unpaired) electrons. The van der Waals surface area contributed by atoms with Gasteiger partial charge < -0.3 is 15.4 Å². The number of ether oxygens (including phenoxy) is 1. The van der Waals surface area contributed by atoms with E-state index in [2.05, 4.69) is 0 Å². The SMILES string of the molecule is NCCCCCCC(=O)N1CCOC(c2ccc(F)c(F)c2)C1. The van der Waals surface area contributed by atoms with Crippen molar-refractivity contribution < 1.29 is 18.3 Å². The normalized spacial score (nSPS) is 18.2. The molecule has 1 aliphatic heterocycles. The molecule has 1 atom stereocenters. The number of nitrogens with two attached hydrogens (primary N) is 1. The first-order valence-corrected chi connectivity index (χ1v) is 8.16. The quantitative estimate of drug-likeness (QED) is 0.784. The Morgan fingerprint density at radius 2 is 2.00 bits per heavy atom. The molecule has 1 aromatic rings. The summed E-state index contributed by atoms with van der Waals surface area (Å²) in [6.07, 6.45) is 4.00. The number of amides is 1. The predicted molar refractivity (Wildman–Crippen MR) is 83.8 cm³/mol. The molecule has 0 aliphatic carbocycles. The maximum absolute atomic E-state index is 13.3. The number of morpholine rings is 1. The molecular formula is C17H24F2N2O2. The average Bonchev–Trinajstić information content (AvgIpc) is 2.57. The zero-order chi connectivity index (χ0) is 16.7. The van der Waals surface area contributed by atoms with Gasteiger partial charge in [0.25, 0.3) is 0 Å². The number of carbonyl (C=O) groups excluding carboxylic acids is 1. The zero-order valence-corrected chi connectivity index (χ0v) is 13.3. The Morgan fingerprint density at radius 1 is 1.22 bits per heavy atom. The van der Waals surface area contributed by atoms with Crippen LogP contribution < -0.4 is 5.73 Å². The molecule has 4 nitrogen and oxygen atoms in total. The number of unbranched alkanes of at least 4 members (excludes halogenated alkanes) is 3. The summed E-state index contributed by atoms with van der Waals surface area (Å²) in [5.74, 6) is -1.68. The van der Waals surface area contributed by atoms with Crippen molar-refractivity contribution in [1.82, 2.24) is 4.90 Å². The van der Waals surface area contributed by atoms with Crippen LogP contribution in [-0.2, 0) is 9.53 Å². The van der Waals surface area contributed by atoms with Gasteiger partial charge in [-0.2, -0.15) is 0 Å². The van der Waals surface area contributed by atoms with Crippen LogP contribution >= 0.6 is 0 Å². The molecule has 1 heterocycles. The number of rotatable bonds is 7. The third-order valence-corrected chi connectivity index (χ3v) is 4.08. The first-order valence-electron chi connectivity index (χ1n) is 8.16. The van der Waals surface area contributed by atoms with Gasteiger partial charge >= 0.3 is 0 Å². The van der Waals surface area contributed by atoms with Crippen molar-refractivity contribution >= 4 is 5.91 Å². The van der Waals surface area contributed by atoms with Crippen LogP contribution in [0.1, 0.15) is 43.8 Å². The monoisotopic (exact) mass is 326 g/mol. The Bertz CT molecular complexity index is 525. The lowest BCUT2D eigenvalue weighted by molar-refractivity contribution is -0.139. The summed E-state index contributed by atoms with van der Waals surface area (Å²) in [4.78, 5) is 14.0. The first kappa shape index (κ1) is 17.8. The van der Waals surface area contributed by atoms with Crippen LogP contribution in [0.4, 0.5) is 8.78 Å². The average molecular weight is 326 g/mol. The molecule has 1 aromatic carbocycles. The van der Waals surface area contributed by atoms with Crippen LogP contribution in [0.2, 0.25) is 0 Å². The largest absolute Gasteiger partial charge is 0.370 e. The Labute approximate surface area is 135 Å². The summed E-state index contributed by atoms with van der Waals surface area (Å²) < 4.78 is 31.9. The van der Waals surface area contributed by atoms with Gasteiger partial charge in [0.2, 0.25) is 5.91 Å². The second-order valence-electron chi connectivity index (χ2n) is 5.83. The van der Waals surface area contributed by atoms with Crippen LogP contribution in [0.5, 0.6) is 0 Å². The Hall–Kier alpha value is -1.53. The molecule has 1 amide bonds. The Balaban J connectivity index is 1.85. The van der Waals surface area contributed by atoms with Crippen LogP contribution in [0.25, 0.3) is 0 Å². The van der Waals surface area contributed by atoms with E-state index in [1.807, 2.05) is 0 Å². The molecule has 23 heavy (non-hydrogen) atoms. The fourth-order valence-electron chi connectivity index (χ4n) is 2.72. The number of halogens is 2. The molecule has 0 spiro atoms. The first-order chi connectivity index (χ1) is 11.1. The minimum absolute atomic E-state index is 0.0913. The molecule has 6 heteroatoms. The minimum atomic E-state index is -0.894. The van der Waals surface area contributed by atoms with E-state index in [1.54, 1.807) is 4.90 Å². The van der Waals surface area contributed by atoms with Crippen molar-refractivity contribution in [3.8, 4) is 0 Å². The Morgan fingerprint density at radius 3 is 2.74 bits per heavy atom. The van der Waals surface area contributed by atoms with Crippen LogP contribution in [0, 0.1) is 11.6 Å². The standard InChI is InChI=1S/C17H24F2N2O2/c18-14-7-6-13(11-15(14)19)16-12-21(9-10-23-16)17(22)5-3-1-2-4-8-20/h6-7,11,16H,1-5,8-10,12,20H2. The summed E-state index contributed by atoms with van der Waals surface area (Å²) in [6, 6.07) is 3.73. The summed E-state index contributed by atoms with van der Waals surface area (Å²) in [5.41, 5.74) is 6.00. The topological polar surface area (TPSA) is 55.6 Å². The van der Waals surface area contributed by atoms with E-state index in [9.17, 15) is 13.6 Å². The molecule has 1 aliphatic rings. The van der Waals surface area contributed by atoms with Crippen molar-refractivity contribution in [2.75, 3.05) is 26.2 Å². The van der Waals surface area contributed by atoms with Crippen LogP contribution in [-0.4, -0.2) is 37.0 Å². The second-order valence-corrected chi connectivity index (χ2v) is 5.83. The van der Waals surface area contributed by atoms with Gasteiger partial charge in [-0.1, -0.05) is 18.9 Å². The fraction of sp³-hybridized carbons (Fsp3) is 0.588. The Kier molecular flexibility index (Phi) is 6.92. The van der Waals surface area contributed by atoms with E-state index < -0.39 is 17.7 Å². The zero-order valence-electron chi connectivity index (χ0n) is 13.3. The van der Waals surface area contributed by atoms with E-state index in [1.165, 1.54) is 6.07 Å². The van der Waals surface area contributed by atoms with Crippen molar-refractivity contribution in [3.63, 3.8) is 0 Å². The maximum atomic E-state index is 13.3. The molecule has 0 bridgehead atoms. The van der Waals surface area contributed by atoms with Gasteiger partial charge in [0.05, 0.1) is 13.2 Å². The van der Waals surface area contributed by atoms with Gasteiger partial charge in [-0.05, 0) is 37.1 Å². The van der Waals surface area contributed by atoms with E-state index in [4.69, 9.17) is 10.5 Å². The van der Waals surface area contributed by atoms with Crippen molar-refractivity contribution in [2.45, 2.75) is 38.2 Å². The van der Waals surface area contributed by atoms with Gasteiger partial charge in [0.15, 0.2) is 11.6 Å². The molecule has 2 rings (SSSR count). The van der Waals surface area contributed by atoms with Gasteiger partial charge in [-0.3, -0.25) is 4.79 Å². The fourth-order valence-corrected chi connectivity index (χ4v) is 2.72. The number of nitrogens with zero attached hydrogens (tertiary/aromatic N) is 1. The predicted octanol–water partition coefficient (Wildman–Crippen LogP) is 2.77. The number of benzene rings is 1. The molecule has 1 saturated heterocycles. The highest BCUT2D eigenvalue weighted by Crippen LogP contribution is 2.24. The minimum Gasteiger partial charge on any atom is -0.370 e. The van der Waals surface area contributed by atoms with Gasteiger partial charge in [0.1, 0.15) is 6.10 Å². The van der Waals surface area contributed by atoms with Gasteiger partial charge in [0, 0.05) is 13.0 Å². The van der Waals surface area contributed by atoms with Gasteiger partial charge in [-0.15, -0.1) is 0 Å². The molecule has 1 unspecified atom stereocenters. The number of hydrogen-bond donors (Lipinski definition) is 1. The highest BCUT2D eigenvalue weighted by molar-refractivity contribution is 5.76.